The van der Waals surface area contributed by atoms with Gasteiger partial charge in [-0.2, -0.15) is 0 Å². The number of hydrogen-bond donors (Lipinski definition) is 1. The second-order valence-corrected chi connectivity index (χ2v) is 9.57. The van der Waals surface area contributed by atoms with Gasteiger partial charge in [-0.25, -0.2) is 0 Å². The number of benzene rings is 3. The van der Waals surface area contributed by atoms with Gasteiger partial charge in [0.05, 0.1) is 5.69 Å². The van der Waals surface area contributed by atoms with Gasteiger partial charge in [0, 0.05) is 26.2 Å². The molecule has 0 heterocycles. The van der Waals surface area contributed by atoms with Crippen molar-refractivity contribution in [3.05, 3.63) is 105 Å². The van der Waals surface area contributed by atoms with Crippen LogP contribution in [0.15, 0.2) is 88.4 Å². The van der Waals surface area contributed by atoms with E-state index in [4.69, 9.17) is 5.53 Å². The fourth-order valence-corrected chi connectivity index (χ4v) is 4.00. The van der Waals surface area contributed by atoms with Crippen molar-refractivity contribution < 1.29 is 14.4 Å². The van der Waals surface area contributed by atoms with E-state index in [2.05, 4.69) is 31.3 Å². The van der Waals surface area contributed by atoms with E-state index in [0.717, 1.165) is 4.90 Å². The lowest BCUT2D eigenvalue weighted by molar-refractivity contribution is -0.126. The zero-order valence-electron chi connectivity index (χ0n) is 19.5. The van der Waals surface area contributed by atoms with Gasteiger partial charge in [0.25, 0.3) is 11.7 Å². The lowest BCUT2D eigenvalue weighted by Crippen LogP contribution is -2.51. The second-order valence-electron chi connectivity index (χ2n) is 8.71. The number of ketones is 1. The predicted molar refractivity (Wildman–Crippen MR) is 138 cm³/mol. The average molecular weight is 534 g/mol. The molecular weight excluding hydrogens is 510 g/mol. The number of nitrogens with one attached hydrogen (secondary N) is 1. The van der Waals surface area contributed by atoms with Gasteiger partial charge in [-0.15, -0.1) is 0 Å². The molecule has 0 radical (unpaired) electrons. The molecule has 0 bridgehead atoms. The maximum absolute atomic E-state index is 13.8. The minimum Gasteiger partial charge on any atom is -0.349 e. The van der Waals surface area contributed by atoms with Crippen LogP contribution in [-0.2, 0) is 9.59 Å². The van der Waals surface area contributed by atoms with E-state index in [9.17, 15) is 14.4 Å². The smallest absolute Gasteiger partial charge is 0.300 e. The van der Waals surface area contributed by atoms with Gasteiger partial charge in [0.1, 0.15) is 6.04 Å². The largest absolute Gasteiger partial charge is 0.349 e. The van der Waals surface area contributed by atoms with Crippen molar-refractivity contribution in [3.63, 3.8) is 0 Å². The third kappa shape index (κ3) is 6.15. The van der Waals surface area contributed by atoms with E-state index >= 15 is 0 Å². The van der Waals surface area contributed by atoms with E-state index in [1.54, 1.807) is 87.5 Å². The number of halogens is 1. The number of carbonyl (C=O) groups excluding carboxylic acids is 3. The molecule has 3 aromatic rings. The summed E-state index contributed by atoms with van der Waals surface area (Å²) in [6, 6.07) is 20.1. The molecule has 3 rings (SSSR count). The molecule has 1 unspecified atom stereocenters. The number of azide groups is 1. The zero-order valence-corrected chi connectivity index (χ0v) is 21.1. The van der Waals surface area contributed by atoms with Crippen LogP contribution < -0.4 is 10.2 Å². The lowest BCUT2D eigenvalue weighted by atomic mass is 9.98. The molecule has 0 fully saturated rings. The van der Waals surface area contributed by atoms with Gasteiger partial charge in [0.15, 0.2) is 0 Å². The van der Waals surface area contributed by atoms with Gasteiger partial charge in [-0.05, 0) is 59.9 Å². The van der Waals surface area contributed by atoms with Crippen molar-refractivity contribution in [2.75, 3.05) is 4.90 Å². The molecule has 0 aliphatic carbocycles. The number of Topliss-reactive ketones (excluding diaryl/α,β-unsaturated/α-hetero) is 1. The van der Waals surface area contributed by atoms with Gasteiger partial charge in [-0.3, -0.25) is 19.3 Å². The Labute approximate surface area is 211 Å². The highest BCUT2D eigenvalue weighted by atomic mass is 79.9. The summed E-state index contributed by atoms with van der Waals surface area (Å²) >= 11 is 3.45. The van der Waals surface area contributed by atoms with Gasteiger partial charge < -0.3 is 5.32 Å². The summed E-state index contributed by atoms with van der Waals surface area (Å²) < 4.78 is 0.504. The number of amides is 2. The van der Waals surface area contributed by atoms with E-state index in [1.807, 2.05) is 0 Å². The summed E-state index contributed by atoms with van der Waals surface area (Å²) in [5.74, 6) is -2.23. The molecule has 0 spiro atoms. The highest BCUT2D eigenvalue weighted by molar-refractivity contribution is 9.10. The van der Waals surface area contributed by atoms with Crippen LogP contribution in [0, 0.1) is 0 Å². The predicted octanol–water partition coefficient (Wildman–Crippen LogP) is 6.26. The van der Waals surface area contributed by atoms with Crippen molar-refractivity contribution in [3.8, 4) is 0 Å². The van der Waals surface area contributed by atoms with Crippen LogP contribution >= 0.6 is 15.9 Å². The van der Waals surface area contributed by atoms with Crippen molar-refractivity contribution in [2.24, 2.45) is 5.11 Å². The maximum atomic E-state index is 13.8. The number of para-hydroxylation sites is 1. The van der Waals surface area contributed by atoms with Crippen molar-refractivity contribution >= 4 is 44.9 Å². The molecule has 0 saturated carbocycles. The third-order valence-corrected chi connectivity index (χ3v) is 5.62. The van der Waals surface area contributed by atoms with Gasteiger partial charge >= 0.3 is 0 Å². The molecule has 0 aliphatic heterocycles. The molecule has 1 atom stereocenters. The van der Waals surface area contributed by atoms with Gasteiger partial charge in [-0.1, -0.05) is 71.8 Å². The highest BCUT2D eigenvalue weighted by Crippen LogP contribution is 2.37. The van der Waals surface area contributed by atoms with E-state index < -0.39 is 29.2 Å². The Morgan fingerprint density at radius 3 is 2.17 bits per heavy atom. The lowest BCUT2D eigenvalue weighted by Gasteiger charge is -2.34. The van der Waals surface area contributed by atoms with Crippen LogP contribution in [0.1, 0.15) is 42.7 Å². The van der Waals surface area contributed by atoms with Crippen LogP contribution in [0.4, 0.5) is 11.4 Å². The molecule has 0 saturated heterocycles. The highest BCUT2D eigenvalue weighted by Gasteiger charge is 2.39. The third-order valence-electron chi connectivity index (χ3n) is 4.95. The Kier molecular flexibility index (Phi) is 8.06. The first kappa shape index (κ1) is 25.7. The molecular formula is C26H24BrN5O3. The number of hydrogen-bond acceptors (Lipinski definition) is 4. The molecule has 2 amide bonds. The van der Waals surface area contributed by atoms with Crippen LogP contribution in [0.25, 0.3) is 10.4 Å². The number of rotatable bonds is 7. The molecule has 3 aromatic carbocycles. The summed E-state index contributed by atoms with van der Waals surface area (Å²) in [5, 5.41) is 6.63. The zero-order chi connectivity index (χ0) is 25.6. The standard InChI is InChI=1S/C26H24BrN5O3/c1-26(2,3)29-24(34)22(18-13-7-9-15-20(18)30-31-28)32(21-16-10-8-14-19(21)27)25(35)23(33)17-11-5-4-6-12-17/h4-16,22H,1-3H3,(H,29,34). The first-order chi connectivity index (χ1) is 16.6. The molecule has 8 nitrogen and oxygen atoms in total. The number of carbonyl (C=O) groups is 3. The number of anilines is 1. The maximum Gasteiger partial charge on any atom is 0.300 e. The summed E-state index contributed by atoms with van der Waals surface area (Å²) in [6.07, 6.45) is 0. The Hall–Kier alpha value is -3.94. The van der Waals surface area contributed by atoms with Gasteiger partial charge in [0.2, 0.25) is 5.91 Å². The Balaban J connectivity index is 2.29. The van der Waals surface area contributed by atoms with Crippen LogP contribution in [0.5, 0.6) is 0 Å². The fourth-order valence-electron chi connectivity index (χ4n) is 3.53. The molecule has 35 heavy (non-hydrogen) atoms. The summed E-state index contributed by atoms with van der Waals surface area (Å²) in [7, 11) is 0. The van der Waals surface area contributed by atoms with Crippen LogP contribution in [0.2, 0.25) is 0 Å². The first-order valence-corrected chi connectivity index (χ1v) is 11.6. The average Bonchev–Trinajstić information content (AvgIpc) is 2.82. The van der Waals surface area contributed by atoms with E-state index in [-0.39, 0.29) is 16.8 Å². The van der Waals surface area contributed by atoms with E-state index in [0.29, 0.717) is 10.2 Å². The van der Waals surface area contributed by atoms with Crippen LogP contribution in [0.3, 0.4) is 0 Å². The minimum atomic E-state index is -1.31. The molecule has 9 heteroatoms. The van der Waals surface area contributed by atoms with Crippen molar-refractivity contribution in [1.29, 1.82) is 0 Å². The second kappa shape index (κ2) is 11.0. The Morgan fingerprint density at radius 1 is 0.943 bits per heavy atom. The van der Waals surface area contributed by atoms with Crippen LogP contribution in [-0.4, -0.2) is 23.1 Å². The Bertz CT molecular complexity index is 1300. The summed E-state index contributed by atoms with van der Waals surface area (Å²) in [6.45, 7) is 5.42. The molecule has 0 aromatic heterocycles. The molecule has 178 valence electrons. The normalized spacial score (nSPS) is 11.7. The summed E-state index contributed by atoms with van der Waals surface area (Å²) in [4.78, 5) is 44.9. The van der Waals surface area contributed by atoms with Crippen molar-refractivity contribution in [2.45, 2.75) is 32.4 Å². The summed E-state index contributed by atoms with van der Waals surface area (Å²) in [5.41, 5.74) is 9.41. The minimum absolute atomic E-state index is 0.168. The number of nitrogens with zero attached hydrogens (tertiary/aromatic N) is 4. The first-order valence-electron chi connectivity index (χ1n) is 10.8. The van der Waals surface area contributed by atoms with E-state index in [1.165, 1.54) is 12.1 Å². The fraction of sp³-hybridized carbons (Fsp3) is 0.192. The molecule has 0 aliphatic rings. The topological polar surface area (TPSA) is 115 Å². The molecule has 1 N–H and O–H groups in total. The Morgan fingerprint density at radius 2 is 1.54 bits per heavy atom. The quantitative estimate of drug-likeness (QED) is 0.127. The SMILES string of the molecule is CC(C)(C)NC(=O)C(c1ccccc1N=[N+]=[N-])N(C(=O)C(=O)c1ccccc1)c1ccccc1Br. The monoisotopic (exact) mass is 533 g/mol. The van der Waals surface area contributed by atoms with Crippen molar-refractivity contribution in [1.82, 2.24) is 5.32 Å².